The Bertz CT molecular complexity index is 197. The third kappa shape index (κ3) is 2.98. The van der Waals surface area contributed by atoms with Crippen LogP contribution in [0, 0.1) is 5.92 Å². The molecule has 0 aromatic heterocycles. The van der Waals surface area contributed by atoms with Gasteiger partial charge >= 0.3 is 5.97 Å². The van der Waals surface area contributed by atoms with Crippen LogP contribution < -0.4 is 5.73 Å². The zero-order chi connectivity index (χ0) is 10.6. The molecule has 14 heavy (non-hydrogen) atoms. The molecule has 1 aliphatic rings. The fourth-order valence-corrected chi connectivity index (χ4v) is 1.84. The Hall–Kier alpha value is -0.570. The van der Waals surface area contributed by atoms with E-state index in [9.17, 15) is 4.79 Å². The molecule has 0 spiro atoms. The van der Waals surface area contributed by atoms with Crippen molar-refractivity contribution in [1.29, 1.82) is 0 Å². The number of rotatable bonds is 3. The molecule has 3 nitrogen and oxygen atoms in total. The van der Waals surface area contributed by atoms with E-state index in [4.69, 9.17) is 10.5 Å². The van der Waals surface area contributed by atoms with Gasteiger partial charge in [0.15, 0.2) is 0 Å². The first kappa shape index (κ1) is 11.5. The quantitative estimate of drug-likeness (QED) is 0.706. The van der Waals surface area contributed by atoms with Crippen LogP contribution in [-0.2, 0) is 9.53 Å². The average molecular weight is 199 g/mol. The molecule has 0 aromatic carbocycles. The molecule has 3 heteroatoms. The van der Waals surface area contributed by atoms with Crippen molar-refractivity contribution in [1.82, 2.24) is 0 Å². The molecule has 1 rings (SSSR count). The molecule has 0 aromatic rings. The molecule has 0 amide bonds. The molecule has 2 N–H and O–H groups in total. The minimum atomic E-state index is -0.223. The fraction of sp³-hybridized carbons (Fsp3) is 0.909. The Balaban J connectivity index is 2.44. The van der Waals surface area contributed by atoms with E-state index in [1.54, 1.807) is 0 Å². The van der Waals surface area contributed by atoms with Crippen LogP contribution in [0.3, 0.4) is 0 Å². The summed E-state index contributed by atoms with van der Waals surface area (Å²) in [6.07, 6.45) is 5.59. The molecular weight excluding hydrogens is 178 g/mol. The minimum Gasteiger partial charge on any atom is -0.459 e. The van der Waals surface area contributed by atoms with Crippen LogP contribution in [0.25, 0.3) is 0 Å². The van der Waals surface area contributed by atoms with Gasteiger partial charge in [-0.15, -0.1) is 0 Å². The predicted molar refractivity (Wildman–Crippen MR) is 55.8 cm³/mol. The Labute approximate surface area is 86.0 Å². The van der Waals surface area contributed by atoms with Gasteiger partial charge in [-0.05, 0) is 32.6 Å². The van der Waals surface area contributed by atoms with Gasteiger partial charge in [0.25, 0.3) is 0 Å². The van der Waals surface area contributed by atoms with Crippen LogP contribution in [-0.4, -0.2) is 18.1 Å². The summed E-state index contributed by atoms with van der Waals surface area (Å²) >= 11 is 0. The summed E-state index contributed by atoms with van der Waals surface area (Å²) < 4.78 is 5.51. The summed E-state index contributed by atoms with van der Waals surface area (Å²) in [5.74, 6) is -0.314. The second kappa shape index (κ2) is 4.78. The van der Waals surface area contributed by atoms with E-state index >= 15 is 0 Å². The third-order valence-corrected chi connectivity index (χ3v) is 3.01. The predicted octanol–water partition coefficient (Wildman–Crippen LogP) is 1.85. The number of carbonyl (C=O) groups excluding carboxylic acids is 1. The van der Waals surface area contributed by atoms with Crippen molar-refractivity contribution in [2.24, 2.45) is 11.7 Å². The molecule has 1 aliphatic carbocycles. The molecule has 0 radical (unpaired) electrons. The van der Waals surface area contributed by atoms with Gasteiger partial charge in [-0.25, -0.2) is 0 Å². The van der Waals surface area contributed by atoms with Gasteiger partial charge in [-0.2, -0.15) is 0 Å². The van der Waals surface area contributed by atoms with Crippen LogP contribution >= 0.6 is 0 Å². The highest BCUT2D eigenvalue weighted by Gasteiger charge is 2.31. The summed E-state index contributed by atoms with van der Waals surface area (Å²) in [5.41, 5.74) is 5.20. The number of carbonyl (C=O) groups is 1. The largest absolute Gasteiger partial charge is 0.459 e. The molecular formula is C11H21NO2. The van der Waals surface area contributed by atoms with Crippen LogP contribution in [0.4, 0.5) is 0 Å². The summed E-state index contributed by atoms with van der Waals surface area (Å²) in [6.45, 7) is 4.22. The van der Waals surface area contributed by atoms with Crippen LogP contribution in [0.5, 0.6) is 0 Å². The van der Waals surface area contributed by atoms with Gasteiger partial charge in [-0.1, -0.05) is 13.3 Å². The van der Waals surface area contributed by atoms with Gasteiger partial charge < -0.3 is 10.5 Å². The summed E-state index contributed by atoms with van der Waals surface area (Å²) in [6, 6.07) is 0. The lowest BCUT2D eigenvalue weighted by molar-refractivity contribution is -0.165. The molecule has 1 saturated carbocycles. The van der Waals surface area contributed by atoms with Crippen LogP contribution in [0.1, 0.15) is 46.0 Å². The molecule has 0 aliphatic heterocycles. The van der Waals surface area contributed by atoms with Gasteiger partial charge in [0, 0.05) is 6.54 Å². The second-order valence-corrected chi connectivity index (χ2v) is 4.57. The van der Waals surface area contributed by atoms with E-state index in [1.807, 2.05) is 13.8 Å². The van der Waals surface area contributed by atoms with E-state index in [-0.39, 0.29) is 17.5 Å². The van der Waals surface area contributed by atoms with E-state index in [0.717, 1.165) is 12.8 Å². The molecule has 1 unspecified atom stereocenters. The first-order chi connectivity index (χ1) is 6.57. The van der Waals surface area contributed by atoms with Crippen molar-refractivity contribution < 1.29 is 9.53 Å². The van der Waals surface area contributed by atoms with Gasteiger partial charge in [0.05, 0.1) is 5.92 Å². The third-order valence-electron chi connectivity index (χ3n) is 3.01. The molecule has 0 saturated heterocycles. The molecule has 1 atom stereocenters. The van der Waals surface area contributed by atoms with Crippen molar-refractivity contribution in [2.45, 2.75) is 51.6 Å². The Morgan fingerprint density at radius 3 is 2.50 bits per heavy atom. The van der Waals surface area contributed by atoms with Crippen LogP contribution in [0.15, 0.2) is 0 Å². The minimum absolute atomic E-state index is 0.142. The Morgan fingerprint density at radius 1 is 1.43 bits per heavy atom. The van der Waals surface area contributed by atoms with E-state index in [0.29, 0.717) is 6.54 Å². The Morgan fingerprint density at radius 2 is 2.00 bits per heavy atom. The van der Waals surface area contributed by atoms with Gasteiger partial charge in [-0.3, -0.25) is 4.79 Å². The number of nitrogens with two attached hydrogens (primary N) is 1. The molecule has 0 heterocycles. The summed E-state index contributed by atoms with van der Waals surface area (Å²) in [7, 11) is 0. The Kier molecular flexibility index (Phi) is 3.93. The van der Waals surface area contributed by atoms with Crippen LogP contribution in [0.2, 0.25) is 0 Å². The van der Waals surface area contributed by atoms with Gasteiger partial charge in [0.1, 0.15) is 5.60 Å². The zero-order valence-electron chi connectivity index (χ0n) is 9.21. The first-order valence-electron chi connectivity index (χ1n) is 5.50. The lowest BCUT2D eigenvalue weighted by atomic mass is 9.86. The number of ether oxygens (including phenoxy) is 1. The normalized spacial score (nSPS) is 22.8. The lowest BCUT2D eigenvalue weighted by Gasteiger charge is -2.34. The van der Waals surface area contributed by atoms with Gasteiger partial charge in [0.2, 0.25) is 0 Å². The van der Waals surface area contributed by atoms with E-state index in [2.05, 4.69) is 0 Å². The first-order valence-corrected chi connectivity index (χ1v) is 5.50. The highest BCUT2D eigenvalue weighted by atomic mass is 16.6. The molecule has 82 valence electrons. The number of hydrogen-bond acceptors (Lipinski definition) is 3. The number of hydrogen-bond donors (Lipinski definition) is 1. The van der Waals surface area contributed by atoms with E-state index in [1.165, 1.54) is 19.3 Å². The highest BCUT2D eigenvalue weighted by Crippen LogP contribution is 2.31. The van der Waals surface area contributed by atoms with Crippen molar-refractivity contribution in [2.75, 3.05) is 6.54 Å². The van der Waals surface area contributed by atoms with Crippen molar-refractivity contribution >= 4 is 5.97 Å². The molecule has 1 fully saturated rings. The monoisotopic (exact) mass is 199 g/mol. The van der Waals surface area contributed by atoms with Crippen molar-refractivity contribution in [3.8, 4) is 0 Å². The van der Waals surface area contributed by atoms with Crippen molar-refractivity contribution in [3.63, 3.8) is 0 Å². The fourth-order valence-electron chi connectivity index (χ4n) is 1.84. The highest BCUT2D eigenvalue weighted by molar-refractivity contribution is 5.72. The number of esters is 1. The lowest BCUT2D eigenvalue weighted by Crippen LogP contribution is -2.37. The molecule has 0 bridgehead atoms. The smallest absolute Gasteiger partial charge is 0.310 e. The second-order valence-electron chi connectivity index (χ2n) is 4.57. The summed E-state index contributed by atoms with van der Waals surface area (Å²) in [4.78, 5) is 11.5. The van der Waals surface area contributed by atoms with Crippen molar-refractivity contribution in [3.05, 3.63) is 0 Å². The SMILES string of the molecule is CC(CN)C(=O)OC1(C)CCCCC1. The maximum atomic E-state index is 11.5. The maximum absolute atomic E-state index is 11.5. The standard InChI is InChI=1S/C11H21NO2/c1-9(8-12)10(13)14-11(2)6-4-3-5-7-11/h9H,3-8,12H2,1-2H3. The average Bonchev–Trinajstić information content (AvgIpc) is 2.17. The summed E-state index contributed by atoms with van der Waals surface area (Å²) in [5, 5.41) is 0. The zero-order valence-corrected chi connectivity index (χ0v) is 9.21. The van der Waals surface area contributed by atoms with E-state index < -0.39 is 0 Å². The maximum Gasteiger partial charge on any atom is 0.310 e. The topological polar surface area (TPSA) is 52.3 Å².